The fourth-order valence-electron chi connectivity index (χ4n) is 2.25. The minimum Gasteiger partial charge on any atom is -0.315 e. The average Bonchev–Trinajstić information content (AvgIpc) is 2.76. The smallest absolute Gasteiger partial charge is 0.244 e. The van der Waals surface area contributed by atoms with Crippen molar-refractivity contribution in [3.8, 4) is 0 Å². The number of rotatable bonds is 6. The fraction of sp³-hybridized carbons (Fsp3) is 0.333. The van der Waals surface area contributed by atoms with E-state index in [0.717, 1.165) is 20.5 Å². The summed E-state index contributed by atoms with van der Waals surface area (Å²) in [7, 11) is -0.113. The van der Waals surface area contributed by atoms with Crippen LogP contribution < -0.4 is 5.32 Å². The second-order valence-corrected chi connectivity index (χ2v) is 8.22. The molecule has 4 nitrogen and oxygen atoms in total. The van der Waals surface area contributed by atoms with Crippen LogP contribution in [-0.2, 0) is 16.6 Å². The topological polar surface area (TPSA) is 49.4 Å². The molecular weight excluding hydrogens is 304 g/mol. The molecule has 0 aliphatic heterocycles. The third-order valence-corrected chi connectivity index (χ3v) is 6.35. The molecule has 0 saturated heterocycles. The maximum Gasteiger partial charge on any atom is 0.244 e. The van der Waals surface area contributed by atoms with Gasteiger partial charge in [-0.3, -0.25) is 0 Å². The Morgan fingerprint density at radius 2 is 2.05 bits per heavy atom. The van der Waals surface area contributed by atoms with Gasteiger partial charge in [-0.1, -0.05) is 30.4 Å². The van der Waals surface area contributed by atoms with E-state index in [2.05, 4.69) is 11.9 Å². The lowest BCUT2D eigenvalue weighted by Crippen LogP contribution is -2.29. The zero-order valence-electron chi connectivity index (χ0n) is 12.5. The molecule has 0 fully saturated rings. The molecule has 0 spiro atoms. The average molecular weight is 324 g/mol. The van der Waals surface area contributed by atoms with Gasteiger partial charge in [0.05, 0.1) is 0 Å². The summed E-state index contributed by atoms with van der Waals surface area (Å²) in [5, 5.41) is 3.84. The number of hydrogen-bond donors (Lipinski definition) is 1. The molecule has 2 aromatic rings. The van der Waals surface area contributed by atoms with Gasteiger partial charge in [0.15, 0.2) is 0 Å². The maximum absolute atomic E-state index is 12.9. The molecule has 0 amide bonds. The zero-order chi connectivity index (χ0) is 15.6. The van der Waals surface area contributed by atoms with Gasteiger partial charge >= 0.3 is 0 Å². The molecule has 0 aliphatic rings. The highest BCUT2D eigenvalue weighted by Crippen LogP contribution is 2.36. The van der Waals surface area contributed by atoms with Crippen molar-refractivity contribution in [2.45, 2.75) is 18.4 Å². The number of fused-ring (bicyclic) bond motifs is 1. The molecule has 1 heterocycles. The van der Waals surface area contributed by atoms with Gasteiger partial charge in [-0.05, 0) is 20.0 Å². The van der Waals surface area contributed by atoms with E-state index in [0.29, 0.717) is 18.0 Å². The van der Waals surface area contributed by atoms with Gasteiger partial charge in [0.1, 0.15) is 4.90 Å². The highest BCUT2D eigenvalue weighted by molar-refractivity contribution is 7.89. The van der Waals surface area contributed by atoms with Crippen LogP contribution >= 0.6 is 11.3 Å². The Balaban J connectivity index is 2.63. The van der Waals surface area contributed by atoms with Crippen molar-refractivity contribution in [2.75, 3.05) is 20.6 Å². The van der Waals surface area contributed by atoms with E-state index in [4.69, 9.17) is 0 Å². The first-order valence-corrected chi connectivity index (χ1v) is 8.89. The summed E-state index contributed by atoms with van der Waals surface area (Å²) >= 11 is 1.52. The van der Waals surface area contributed by atoms with Crippen LogP contribution in [0.15, 0.2) is 41.3 Å². The summed E-state index contributed by atoms with van der Waals surface area (Å²) < 4.78 is 28.2. The van der Waals surface area contributed by atoms with Crippen LogP contribution in [0, 0.1) is 0 Å². The fourth-order valence-corrected chi connectivity index (χ4v) is 5.39. The summed E-state index contributed by atoms with van der Waals surface area (Å²) in [5.41, 5.74) is 0.816. The van der Waals surface area contributed by atoms with Gasteiger partial charge in [0.2, 0.25) is 10.0 Å². The first kappa shape index (κ1) is 16.2. The summed E-state index contributed by atoms with van der Waals surface area (Å²) in [4.78, 5) is 1.26. The Morgan fingerprint density at radius 1 is 1.38 bits per heavy atom. The normalized spacial score (nSPS) is 12.2. The van der Waals surface area contributed by atoms with Crippen molar-refractivity contribution in [1.29, 1.82) is 0 Å². The van der Waals surface area contributed by atoms with Crippen LogP contribution in [0.1, 0.15) is 11.8 Å². The summed E-state index contributed by atoms with van der Waals surface area (Å²) in [6.07, 6.45) is 0. The van der Waals surface area contributed by atoms with Crippen LogP contribution in [0.2, 0.25) is 0 Å². The Morgan fingerprint density at radius 3 is 2.67 bits per heavy atom. The van der Waals surface area contributed by atoms with Gasteiger partial charge in [-0.15, -0.1) is 11.3 Å². The highest BCUT2D eigenvalue weighted by atomic mass is 32.2. The summed E-state index contributed by atoms with van der Waals surface area (Å²) in [6.45, 7) is 6.48. The van der Waals surface area contributed by atoms with Crippen LogP contribution in [0.4, 0.5) is 0 Å². The van der Waals surface area contributed by atoms with Crippen molar-refractivity contribution in [2.24, 2.45) is 0 Å². The van der Waals surface area contributed by atoms with Gasteiger partial charge < -0.3 is 5.32 Å². The first-order chi connectivity index (χ1) is 9.87. The number of nitrogens with one attached hydrogen (secondary N) is 1. The Labute approximate surface area is 130 Å². The molecule has 0 atom stereocenters. The predicted molar refractivity (Wildman–Crippen MR) is 89.2 cm³/mol. The standard InChI is InChI=1S/C15H20N2O2S2/c1-11(2)10-17(4)21(18,19)15-12-7-5-6-8-13(12)20-14(15)9-16-3/h5-8,16H,1,9-10H2,2-4H3. The number of thiophene rings is 1. The minimum absolute atomic E-state index is 0.325. The second kappa shape index (κ2) is 6.27. The van der Waals surface area contributed by atoms with Gasteiger partial charge in [-0.2, -0.15) is 4.31 Å². The molecular formula is C15H20N2O2S2. The van der Waals surface area contributed by atoms with E-state index in [1.165, 1.54) is 15.6 Å². The van der Waals surface area contributed by atoms with Crippen LogP contribution in [0.5, 0.6) is 0 Å². The van der Waals surface area contributed by atoms with Crippen molar-refractivity contribution < 1.29 is 8.42 Å². The van der Waals surface area contributed by atoms with Gasteiger partial charge in [0.25, 0.3) is 0 Å². The van der Waals surface area contributed by atoms with Crippen molar-refractivity contribution in [1.82, 2.24) is 9.62 Å². The summed E-state index contributed by atoms with van der Waals surface area (Å²) in [5.74, 6) is 0. The van der Waals surface area contributed by atoms with E-state index in [1.807, 2.05) is 38.2 Å². The Bertz CT molecular complexity index is 763. The molecule has 0 radical (unpaired) electrons. The second-order valence-electron chi connectivity index (χ2n) is 5.10. The van der Waals surface area contributed by atoms with Crippen molar-refractivity contribution >= 4 is 31.4 Å². The molecule has 2 rings (SSSR count). The lowest BCUT2D eigenvalue weighted by Gasteiger charge is -2.18. The minimum atomic E-state index is -3.53. The van der Waals surface area contributed by atoms with E-state index in [9.17, 15) is 8.42 Å². The van der Waals surface area contributed by atoms with Crippen molar-refractivity contribution in [3.63, 3.8) is 0 Å². The number of nitrogens with zero attached hydrogens (tertiary/aromatic N) is 1. The van der Waals surface area contributed by atoms with Crippen LogP contribution in [0.25, 0.3) is 10.1 Å². The zero-order valence-corrected chi connectivity index (χ0v) is 14.1. The van der Waals surface area contributed by atoms with Gasteiger partial charge in [-0.25, -0.2) is 8.42 Å². The molecule has 1 N–H and O–H groups in total. The molecule has 21 heavy (non-hydrogen) atoms. The first-order valence-electron chi connectivity index (χ1n) is 6.63. The number of sulfonamides is 1. The lowest BCUT2D eigenvalue weighted by molar-refractivity contribution is 0.493. The number of likely N-dealkylation sites (N-methyl/N-ethyl adjacent to an activating group) is 1. The third kappa shape index (κ3) is 3.18. The van der Waals surface area contributed by atoms with Crippen molar-refractivity contribution in [3.05, 3.63) is 41.3 Å². The molecule has 0 saturated carbocycles. The van der Waals surface area contributed by atoms with E-state index in [1.54, 1.807) is 7.05 Å². The van der Waals surface area contributed by atoms with E-state index >= 15 is 0 Å². The summed E-state index contributed by atoms with van der Waals surface area (Å²) in [6, 6.07) is 7.62. The highest BCUT2D eigenvalue weighted by Gasteiger charge is 2.28. The Hall–Kier alpha value is -1.21. The molecule has 1 aromatic heterocycles. The predicted octanol–water partition coefficient (Wildman–Crippen LogP) is 2.82. The largest absolute Gasteiger partial charge is 0.315 e. The SMILES string of the molecule is C=C(C)CN(C)S(=O)(=O)c1c(CNC)sc2ccccc12. The van der Waals surface area contributed by atoms with Crippen LogP contribution in [-0.4, -0.2) is 33.4 Å². The number of hydrogen-bond acceptors (Lipinski definition) is 4. The quantitative estimate of drug-likeness (QED) is 0.831. The van der Waals surface area contributed by atoms with E-state index in [-0.39, 0.29) is 0 Å². The third-order valence-electron chi connectivity index (χ3n) is 3.12. The Kier molecular flexibility index (Phi) is 4.83. The number of benzene rings is 1. The molecule has 0 aliphatic carbocycles. The monoisotopic (exact) mass is 324 g/mol. The molecule has 1 aromatic carbocycles. The molecule has 114 valence electrons. The van der Waals surface area contributed by atoms with Gasteiger partial charge in [0, 0.05) is 35.1 Å². The van der Waals surface area contributed by atoms with Crippen LogP contribution in [0.3, 0.4) is 0 Å². The molecule has 0 bridgehead atoms. The van der Waals surface area contributed by atoms with E-state index < -0.39 is 10.0 Å². The molecule has 6 heteroatoms. The molecule has 0 unspecified atom stereocenters. The maximum atomic E-state index is 12.9. The lowest BCUT2D eigenvalue weighted by atomic mass is 10.2.